The molecule has 1 saturated heterocycles. The largest absolute Gasteiger partial charge is 0.371 e. The zero-order chi connectivity index (χ0) is 15.0. The fourth-order valence-corrected chi connectivity index (χ4v) is 2.16. The number of hydrogen-bond donors (Lipinski definition) is 1. The van der Waals surface area contributed by atoms with Gasteiger partial charge in [0.1, 0.15) is 11.1 Å². The molecule has 2 amide bonds. The van der Waals surface area contributed by atoms with E-state index in [1.165, 1.54) is 17.9 Å². The molecule has 0 radical (unpaired) electrons. The van der Waals surface area contributed by atoms with Gasteiger partial charge in [0, 0.05) is 7.05 Å². The second-order valence-corrected chi connectivity index (χ2v) is 5.29. The second kappa shape index (κ2) is 5.24. The third-order valence-electron chi connectivity index (χ3n) is 3.14. The number of carbonyl (C=O) groups excluding carboxylic acids is 2. The number of aromatic nitrogens is 2. The van der Waals surface area contributed by atoms with E-state index in [9.17, 15) is 14.4 Å². The molecular formula is C12H15ClN4O3. The van der Waals surface area contributed by atoms with E-state index < -0.39 is 11.6 Å². The van der Waals surface area contributed by atoms with Crippen LogP contribution in [0.2, 0.25) is 5.02 Å². The summed E-state index contributed by atoms with van der Waals surface area (Å²) in [5.41, 5.74) is -0.174. The lowest BCUT2D eigenvalue weighted by atomic mass is 10.2. The summed E-state index contributed by atoms with van der Waals surface area (Å²) in [7, 11) is 1.42. The van der Waals surface area contributed by atoms with Gasteiger partial charge in [-0.05, 0) is 13.8 Å². The van der Waals surface area contributed by atoms with Crippen LogP contribution in [0, 0.1) is 0 Å². The Hall–Kier alpha value is -1.89. The summed E-state index contributed by atoms with van der Waals surface area (Å²) in [6.07, 6.45) is 1.43. The number of likely N-dealkylation sites (N-methyl/N-ethyl adjacent to an activating group) is 1. The number of likely N-dealkylation sites (tertiary alicyclic amines) is 1. The van der Waals surface area contributed by atoms with Crippen molar-refractivity contribution in [2.75, 3.05) is 12.4 Å². The first-order valence-corrected chi connectivity index (χ1v) is 6.55. The molecule has 1 aromatic heterocycles. The van der Waals surface area contributed by atoms with Gasteiger partial charge in [0.2, 0.25) is 5.91 Å². The van der Waals surface area contributed by atoms with Crippen LogP contribution in [0.3, 0.4) is 0 Å². The monoisotopic (exact) mass is 298 g/mol. The van der Waals surface area contributed by atoms with Gasteiger partial charge < -0.3 is 5.32 Å². The highest BCUT2D eigenvalue weighted by Gasteiger charge is 2.36. The summed E-state index contributed by atoms with van der Waals surface area (Å²) < 4.78 is 1.25. The molecule has 20 heavy (non-hydrogen) atoms. The molecule has 2 rings (SSSR count). The van der Waals surface area contributed by atoms with E-state index in [4.69, 9.17) is 11.6 Å². The number of hydrogen-bond acceptors (Lipinski definition) is 5. The number of anilines is 1. The van der Waals surface area contributed by atoms with Gasteiger partial charge in [-0.1, -0.05) is 11.6 Å². The van der Waals surface area contributed by atoms with Crippen LogP contribution in [-0.2, 0) is 9.59 Å². The number of carbonyl (C=O) groups is 2. The molecule has 0 spiro atoms. The van der Waals surface area contributed by atoms with Gasteiger partial charge in [0.05, 0.1) is 24.3 Å². The molecular weight excluding hydrogens is 284 g/mol. The van der Waals surface area contributed by atoms with Crippen molar-refractivity contribution in [3.63, 3.8) is 0 Å². The van der Waals surface area contributed by atoms with E-state index in [1.807, 2.05) is 13.8 Å². The molecule has 0 aliphatic carbocycles. The minimum atomic E-state index is -0.707. The molecule has 0 bridgehead atoms. The Balaban J connectivity index is 2.28. The standard InChI is InChI=1S/C12H15ClN4O3/c1-6(2)17-12(20)10(13)8(5-14-17)15-7-4-9(18)16(3)11(7)19/h5-7,15H,4H2,1-3H3. The van der Waals surface area contributed by atoms with Crippen molar-refractivity contribution in [3.8, 4) is 0 Å². The first-order chi connectivity index (χ1) is 9.32. The first kappa shape index (κ1) is 14.5. The minimum absolute atomic E-state index is 0.0384. The topological polar surface area (TPSA) is 84.3 Å². The molecule has 1 fully saturated rings. The number of imide groups is 1. The lowest BCUT2D eigenvalue weighted by molar-refractivity contribution is -0.136. The van der Waals surface area contributed by atoms with Crippen molar-refractivity contribution in [1.29, 1.82) is 0 Å². The van der Waals surface area contributed by atoms with Crippen LogP contribution in [0.4, 0.5) is 5.69 Å². The van der Waals surface area contributed by atoms with Gasteiger partial charge in [-0.15, -0.1) is 0 Å². The zero-order valence-electron chi connectivity index (χ0n) is 11.4. The Morgan fingerprint density at radius 2 is 2.05 bits per heavy atom. The van der Waals surface area contributed by atoms with Gasteiger partial charge in [0.25, 0.3) is 11.5 Å². The highest BCUT2D eigenvalue weighted by molar-refractivity contribution is 6.33. The Morgan fingerprint density at radius 3 is 2.55 bits per heavy atom. The van der Waals surface area contributed by atoms with E-state index in [0.717, 1.165) is 4.90 Å². The first-order valence-electron chi connectivity index (χ1n) is 6.17. The predicted octanol–water partition coefficient (Wildman–Crippen LogP) is 0.647. The highest BCUT2D eigenvalue weighted by atomic mass is 35.5. The lowest BCUT2D eigenvalue weighted by Gasteiger charge is -2.15. The summed E-state index contributed by atoms with van der Waals surface area (Å²) in [6.45, 7) is 3.62. The van der Waals surface area contributed by atoms with Crippen LogP contribution in [0.1, 0.15) is 26.3 Å². The molecule has 1 aliphatic rings. The molecule has 0 aromatic carbocycles. The summed E-state index contributed by atoms with van der Waals surface area (Å²) in [6, 6.07) is -0.823. The van der Waals surface area contributed by atoms with Crippen molar-refractivity contribution < 1.29 is 9.59 Å². The highest BCUT2D eigenvalue weighted by Crippen LogP contribution is 2.21. The van der Waals surface area contributed by atoms with E-state index in [2.05, 4.69) is 10.4 Å². The number of halogens is 1. The Labute approximate surface area is 120 Å². The van der Waals surface area contributed by atoms with Gasteiger partial charge in [0.15, 0.2) is 0 Å². The summed E-state index contributed by atoms with van der Waals surface area (Å²) in [4.78, 5) is 36.2. The molecule has 0 saturated carbocycles. The number of nitrogens with one attached hydrogen (secondary N) is 1. The average Bonchev–Trinajstić information content (AvgIpc) is 2.62. The van der Waals surface area contributed by atoms with Crippen molar-refractivity contribution in [3.05, 3.63) is 21.6 Å². The third-order valence-corrected chi connectivity index (χ3v) is 3.51. The smallest absolute Gasteiger partial charge is 0.287 e. The van der Waals surface area contributed by atoms with Crippen molar-refractivity contribution in [1.82, 2.24) is 14.7 Å². The maximum absolute atomic E-state index is 12.0. The van der Waals surface area contributed by atoms with Crippen LogP contribution in [0.5, 0.6) is 0 Å². The summed E-state index contributed by atoms with van der Waals surface area (Å²) in [5, 5.41) is 6.76. The number of nitrogens with zero attached hydrogens (tertiary/aromatic N) is 3. The van der Waals surface area contributed by atoms with E-state index in [1.54, 1.807) is 0 Å². The Bertz CT molecular complexity index is 626. The van der Waals surface area contributed by atoms with Crippen molar-refractivity contribution in [2.45, 2.75) is 32.4 Å². The maximum Gasteiger partial charge on any atom is 0.287 e. The predicted molar refractivity (Wildman–Crippen MR) is 73.7 cm³/mol. The van der Waals surface area contributed by atoms with Crippen molar-refractivity contribution >= 4 is 29.1 Å². The van der Waals surface area contributed by atoms with Gasteiger partial charge in [-0.25, -0.2) is 4.68 Å². The molecule has 1 aromatic rings. The normalized spacial score (nSPS) is 19.1. The molecule has 1 aliphatic heterocycles. The molecule has 108 valence electrons. The molecule has 1 atom stereocenters. The fraction of sp³-hybridized carbons (Fsp3) is 0.500. The van der Waals surface area contributed by atoms with E-state index >= 15 is 0 Å². The van der Waals surface area contributed by atoms with Crippen LogP contribution >= 0.6 is 11.6 Å². The molecule has 2 heterocycles. The third kappa shape index (κ3) is 2.40. The van der Waals surface area contributed by atoms with Crippen molar-refractivity contribution in [2.24, 2.45) is 0 Å². The molecule has 1 unspecified atom stereocenters. The van der Waals surface area contributed by atoms with Gasteiger partial charge in [-0.2, -0.15) is 5.10 Å². The maximum atomic E-state index is 12.0. The summed E-state index contributed by atoms with van der Waals surface area (Å²) >= 11 is 6.00. The second-order valence-electron chi connectivity index (χ2n) is 4.91. The van der Waals surface area contributed by atoms with Crippen LogP contribution in [0.15, 0.2) is 11.0 Å². The lowest BCUT2D eigenvalue weighted by Crippen LogP contribution is -2.33. The van der Waals surface area contributed by atoms with Crippen LogP contribution in [-0.4, -0.2) is 39.6 Å². The summed E-state index contributed by atoms with van der Waals surface area (Å²) in [5.74, 6) is -0.619. The van der Waals surface area contributed by atoms with Crippen LogP contribution < -0.4 is 10.9 Å². The van der Waals surface area contributed by atoms with Gasteiger partial charge in [-0.3, -0.25) is 19.3 Å². The zero-order valence-corrected chi connectivity index (χ0v) is 12.1. The minimum Gasteiger partial charge on any atom is -0.371 e. The average molecular weight is 299 g/mol. The van der Waals surface area contributed by atoms with Gasteiger partial charge >= 0.3 is 0 Å². The molecule has 7 nitrogen and oxygen atoms in total. The Morgan fingerprint density at radius 1 is 1.40 bits per heavy atom. The number of amides is 2. The van der Waals surface area contributed by atoms with E-state index in [-0.39, 0.29) is 35.0 Å². The SMILES string of the molecule is CC(C)n1ncc(NC2CC(=O)N(C)C2=O)c(Cl)c1=O. The van der Waals surface area contributed by atoms with E-state index in [0.29, 0.717) is 0 Å². The fourth-order valence-electron chi connectivity index (χ4n) is 1.97. The molecule has 8 heteroatoms. The Kier molecular flexibility index (Phi) is 3.80. The van der Waals surface area contributed by atoms with Crippen LogP contribution in [0.25, 0.3) is 0 Å². The number of rotatable bonds is 3. The molecule has 1 N–H and O–H groups in total. The quantitative estimate of drug-likeness (QED) is 0.828.